The third-order valence-corrected chi connectivity index (χ3v) is 4.48. The second-order valence-electron chi connectivity index (χ2n) is 3.80. The van der Waals surface area contributed by atoms with Crippen molar-refractivity contribution < 1.29 is 9.90 Å². The summed E-state index contributed by atoms with van der Waals surface area (Å²) in [6.45, 7) is 4.06. The number of carbonyl (C=O) groups is 1. The first-order chi connectivity index (χ1) is 7.59. The van der Waals surface area contributed by atoms with Crippen molar-refractivity contribution in [3.8, 4) is 0 Å². The van der Waals surface area contributed by atoms with Gasteiger partial charge in [0.2, 0.25) is 0 Å². The fourth-order valence-electron chi connectivity index (χ4n) is 1.11. The molecule has 3 nitrogen and oxygen atoms in total. The molecule has 88 valence electrons. The van der Waals surface area contributed by atoms with E-state index in [2.05, 4.69) is 4.98 Å². The molecule has 1 atom stereocenters. The summed E-state index contributed by atoms with van der Waals surface area (Å²) in [5.41, 5.74) is 0. The Morgan fingerprint density at radius 3 is 2.75 bits per heavy atom. The van der Waals surface area contributed by atoms with Crippen molar-refractivity contribution in [2.24, 2.45) is 5.92 Å². The average Bonchev–Trinajstić information content (AvgIpc) is 2.25. The Balaban J connectivity index is 2.47. The molecule has 1 aromatic heterocycles. The molecule has 0 aliphatic carbocycles. The molecular weight excluding hydrogens is 242 g/mol. The maximum atomic E-state index is 11.0. The third-order valence-electron chi connectivity index (χ3n) is 1.85. The summed E-state index contributed by atoms with van der Waals surface area (Å²) in [6, 6.07) is 5.62. The van der Waals surface area contributed by atoms with Gasteiger partial charge in [-0.1, -0.05) is 30.7 Å². The van der Waals surface area contributed by atoms with Gasteiger partial charge in [-0.2, -0.15) is 0 Å². The minimum Gasteiger partial charge on any atom is -0.480 e. The molecule has 0 aliphatic rings. The Kier molecular flexibility index (Phi) is 5.69. The first kappa shape index (κ1) is 13.4. The number of hydrogen-bond acceptors (Lipinski definition) is 4. The van der Waals surface area contributed by atoms with Gasteiger partial charge in [-0.05, 0) is 35.3 Å². The van der Waals surface area contributed by atoms with Crippen LogP contribution in [0.3, 0.4) is 0 Å². The largest absolute Gasteiger partial charge is 0.480 e. The molecule has 0 radical (unpaired) electrons. The van der Waals surface area contributed by atoms with Crippen molar-refractivity contribution in [1.29, 1.82) is 0 Å². The summed E-state index contributed by atoms with van der Waals surface area (Å²) < 4.78 is 0. The molecule has 1 N–H and O–H groups in total. The van der Waals surface area contributed by atoms with E-state index in [0.717, 1.165) is 5.03 Å². The van der Waals surface area contributed by atoms with E-state index in [1.54, 1.807) is 6.20 Å². The van der Waals surface area contributed by atoms with Crippen LogP contribution in [0.15, 0.2) is 29.4 Å². The smallest absolute Gasteiger partial charge is 0.317 e. The van der Waals surface area contributed by atoms with Gasteiger partial charge in [-0.25, -0.2) is 4.98 Å². The summed E-state index contributed by atoms with van der Waals surface area (Å²) in [5.74, 6) is -0.361. The highest BCUT2D eigenvalue weighted by Crippen LogP contribution is 2.35. The SMILES string of the molecule is CC(C)CC(SSc1ccccn1)C(=O)O. The van der Waals surface area contributed by atoms with E-state index in [0.29, 0.717) is 12.3 Å². The number of hydrogen-bond donors (Lipinski definition) is 1. The number of nitrogens with zero attached hydrogens (tertiary/aromatic N) is 1. The monoisotopic (exact) mass is 257 g/mol. The van der Waals surface area contributed by atoms with Crippen molar-refractivity contribution in [1.82, 2.24) is 4.98 Å². The van der Waals surface area contributed by atoms with Gasteiger partial charge < -0.3 is 5.11 Å². The Hall–Kier alpha value is -0.680. The number of aromatic nitrogens is 1. The van der Waals surface area contributed by atoms with Gasteiger partial charge >= 0.3 is 5.97 Å². The van der Waals surface area contributed by atoms with Gasteiger partial charge in [0, 0.05) is 6.20 Å². The third kappa shape index (κ3) is 4.90. The van der Waals surface area contributed by atoms with Crippen LogP contribution in [-0.4, -0.2) is 21.3 Å². The van der Waals surface area contributed by atoms with Crippen LogP contribution in [0.1, 0.15) is 20.3 Å². The maximum Gasteiger partial charge on any atom is 0.317 e. The van der Waals surface area contributed by atoms with Crippen molar-refractivity contribution in [3.63, 3.8) is 0 Å². The molecule has 0 fully saturated rings. The van der Waals surface area contributed by atoms with Crippen LogP contribution in [0.25, 0.3) is 0 Å². The zero-order chi connectivity index (χ0) is 12.0. The van der Waals surface area contributed by atoms with Crippen LogP contribution in [0.4, 0.5) is 0 Å². The molecule has 0 saturated carbocycles. The highest BCUT2D eigenvalue weighted by Gasteiger charge is 2.20. The Labute approximate surface area is 103 Å². The highest BCUT2D eigenvalue weighted by atomic mass is 33.1. The van der Waals surface area contributed by atoms with Crippen molar-refractivity contribution >= 4 is 27.6 Å². The summed E-state index contributed by atoms with van der Waals surface area (Å²) >= 11 is 0. The molecule has 0 bridgehead atoms. The van der Waals surface area contributed by atoms with Crippen LogP contribution < -0.4 is 0 Å². The molecule has 5 heteroatoms. The molecule has 16 heavy (non-hydrogen) atoms. The fourth-order valence-corrected chi connectivity index (χ4v) is 3.53. The van der Waals surface area contributed by atoms with Crippen LogP contribution in [-0.2, 0) is 4.79 Å². The van der Waals surface area contributed by atoms with Gasteiger partial charge in [-0.15, -0.1) is 0 Å². The minimum atomic E-state index is -0.748. The molecule has 0 amide bonds. The molecular formula is C11H15NO2S2. The van der Waals surface area contributed by atoms with Crippen LogP contribution in [0.2, 0.25) is 0 Å². The second kappa shape index (κ2) is 6.81. The minimum absolute atomic E-state index is 0.369. The van der Waals surface area contributed by atoms with E-state index >= 15 is 0 Å². The topological polar surface area (TPSA) is 50.2 Å². The summed E-state index contributed by atoms with van der Waals surface area (Å²) in [5, 5.41) is 9.53. The van der Waals surface area contributed by atoms with Crippen molar-refractivity contribution in [3.05, 3.63) is 24.4 Å². The predicted octanol–water partition coefficient (Wildman–Crippen LogP) is 3.32. The zero-order valence-corrected chi connectivity index (χ0v) is 10.9. The fraction of sp³-hybridized carbons (Fsp3) is 0.455. The van der Waals surface area contributed by atoms with Gasteiger partial charge in [0.25, 0.3) is 0 Å². The summed E-state index contributed by atoms with van der Waals surface area (Å²) in [4.78, 5) is 15.1. The summed E-state index contributed by atoms with van der Waals surface area (Å²) in [7, 11) is 2.79. The molecule has 0 aromatic carbocycles. The molecule has 1 aromatic rings. The Bertz CT molecular complexity index is 330. The van der Waals surface area contributed by atoms with Crippen molar-refractivity contribution in [2.45, 2.75) is 30.5 Å². The number of aliphatic carboxylic acids is 1. The predicted molar refractivity (Wildman–Crippen MR) is 68.6 cm³/mol. The van der Waals surface area contributed by atoms with Gasteiger partial charge in [0.15, 0.2) is 0 Å². The Morgan fingerprint density at radius 2 is 2.25 bits per heavy atom. The first-order valence-corrected chi connectivity index (χ1v) is 7.28. The van der Waals surface area contributed by atoms with E-state index in [-0.39, 0.29) is 5.25 Å². The lowest BCUT2D eigenvalue weighted by Gasteiger charge is -2.12. The van der Waals surface area contributed by atoms with Crippen LogP contribution in [0.5, 0.6) is 0 Å². The zero-order valence-electron chi connectivity index (χ0n) is 9.29. The molecule has 0 aliphatic heterocycles. The molecule has 0 saturated heterocycles. The van der Waals surface area contributed by atoms with Gasteiger partial charge in [-0.3, -0.25) is 4.79 Å². The molecule has 1 unspecified atom stereocenters. The van der Waals surface area contributed by atoms with E-state index in [1.807, 2.05) is 32.0 Å². The average molecular weight is 257 g/mol. The normalized spacial score (nSPS) is 12.7. The van der Waals surface area contributed by atoms with Gasteiger partial charge in [0.1, 0.15) is 10.3 Å². The lowest BCUT2D eigenvalue weighted by Crippen LogP contribution is -2.17. The van der Waals surface area contributed by atoms with Crippen LogP contribution in [0, 0.1) is 5.92 Å². The first-order valence-electron chi connectivity index (χ1n) is 5.06. The van der Waals surface area contributed by atoms with Crippen LogP contribution >= 0.6 is 21.6 Å². The molecule has 1 rings (SSSR count). The lowest BCUT2D eigenvalue weighted by atomic mass is 10.1. The summed E-state index contributed by atoms with van der Waals surface area (Å²) in [6.07, 6.45) is 2.39. The molecule has 1 heterocycles. The number of pyridine rings is 1. The number of carboxylic acids is 1. The molecule has 0 spiro atoms. The Morgan fingerprint density at radius 1 is 1.50 bits per heavy atom. The van der Waals surface area contributed by atoms with E-state index in [4.69, 9.17) is 5.11 Å². The highest BCUT2D eigenvalue weighted by molar-refractivity contribution is 8.77. The van der Waals surface area contributed by atoms with E-state index < -0.39 is 5.97 Å². The lowest BCUT2D eigenvalue weighted by molar-refractivity contribution is -0.136. The van der Waals surface area contributed by atoms with E-state index in [1.165, 1.54) is 21.6 Å². The second-order valence-corrected chi connectivity index (χ2v) is 6.23. The standard InChI is InChI=1S/C11H15NO2S2/c1-8(2)7-9(11(13)14)15-16-10-5-3-4-6-12-10/h3-6,8-9H,7H2,1-2H3,(H,13,14). The van der Waals surface area contributed by atoms with Crippen molar-refractivity contribution in [2.75, 3.05) is 0 Å². The van der Waals surface area contributed by atoms with Gasteiger partial charge in [0.05, 0.1) is 0 Å². The van der Waals surface area contributed by atoms with E-state index in [9.17, 15) is 4.79 Å². The quantitative estimate of drug-likeness (QED) is 0.792. The maximum absolute atomic E-state index is 11.0. The number of carboxylic acid groups (broad SMARTS) is 1. The number of rotatable bonds is 6.